The molecule has 0 radical (unpaired) electrons. The lowest BCUT2D eigenvalue weighted by molar-refractivity contribution is -0.154. The van der Waals surface area contributed by atoms with Gasteiger partial charge in [0.1, 0.15) is 17.0 Å². The van der Waals surface area contributed by atoms with Gasteiger partial charge in [0.15, 0.2) is 5.82 Å². The fraction of sp³-hybridized carbons (Fsp3) is 0.378. The molecule has 1 N–H and O–H groups in total. The number of aromatic nitrogens is 3. The number of nitrogens with zero attached hydrogens (tertiary/aromatic N) is 2. The van der Waals surface area contributed by atoms with Gasteiger partial charge >= 0.3 is 5.97 Å². The molecule has 0 saturated heterocycles. The first-order valence-electron chi connectivity index (χ1n) is 15.6. The highest BCUT2D eigenvalue weighted by molar-refractivity contribution is 5.72. The SMILES string of the molecule is Cc1cc(Cc2nc3c(Cc4ccccc4)[nH]c(C4=CCCC=C4)cn-3c2=O)ccc1OCCCCCC(=O)OC(C)(C)C. The number of hydrogen-bond donors (Lipinski definition) is 1. The highest BCUT2D eigenvalue weighted by Gasteiger charge is 2.21. The van der Waals surface area contributed by atoms with E-state index in [4.69, 9.17) is 14.5 Å². The van der Waals surface area contributed by atoms with Crippen LogP contribution in [0.3, 0.4) is 0 Å². The topological polar surface area (TPSA) is 86.2 Å². The predicted octanol–water partition coefficient (Wildman–Crippen LogP) is 7.50. The average molecular weight is 594 g/mol. The Kier molecular flexibility index (Phi) is 9.83. The Labute approximate surface area is 260 Å². The third kappa shape index (κ3) is 8.16. The van der Waals surface area contributed by atoms with Crippen LogP contribution in [0, 0.1) is 6.92 Å². The number of nitrogens with one attached hydrogen (secondary N) is 1. The summed E-state index contributed by atoms with van der Waals surface area (Å²) in [6.45, 7) is 8.26. The molecule has 2 aliphatic heterocycles. The van der Waals surface area contributed by atoms with Crippen LogP contribution in [-0.2, 0) is 22.4 Å². The summed E-state index contributed by atoms with van der Waals surface area (Å²) in [5.74, 6) is 1.35. The number of fused-ring (bicyclic) bond motifs is 1. The molecule has 0 unspecified atom stereocenters. The molecule has 0 fully saturated rings. The van der Waals surface area contributed by atoms with Crippen LogP contribution in [0.15, 0.2) is 77.8 Å². The van der Waals surface area contributed by atoms with Gasteiger partial charge in [0.2, 0.25) is 0 Å². The number of ether oxygens (including phenoxy) is 2. The number of carbonyl (C=O) groups is 1. The second-order valence-electron chi connectivity index (χ2n) is 12.5. The molecule has 7 nitrogen and oxygen atoms in total. The van der Waals surface area contributed by atoms with Crippen LogP contribution in [0.2, 0.25) is 0 Å². The van der Waals surface area contributed by atoms with Crippen LogP contribution in [0.25, 0.3) is 11.4 Å². The number of aromatic amines is 1. The fourth-order valence-corrected chi connectivity index (χ4v) is 5.48. The number of unbranched alkanes of at least 4 members (excludes halogenated alkanes) is 2. The van der Waals surface area contributed by atoms with Gasteiger partial charge in [-0.2, -0.15) is 0 Å². The van der Waals surface area contributed by atoms with Crippen molar-refractivity contribution in [3.05, 3.63) is 117 Å². The lowest BCUT2D eigenvalue weighted by Crippen LogP contribution is -2.23. The minimum Gasteiger partial charge on any atom is -0.493 e. The van der Waals surface area contributed by atoms with Crippen molar-refractivity contribution in [1.29, 1.82) is 0 Å². The van der Waals surface area contributed by atoms with Gasteiger partial charge in [-0.05, 0) is 88.1 Å². The molecule has 1 aliphatic carbocycles. The Morgan fingerprint density at radius 1 is 1.00 bits per heavy atom. The number of rotatable bonds is 12. The zero-order chi connectivity index (χ0) is 31.1. The third-order valence-electron chi connectivity index (χ3n) is 7.59. The van der Waals surface area contributed by atoms with E-state index in [9.17, 15) is 9.59 Å². The van der Waals surface area contributed by atoms with Crippen molar-refractivity contribution in [2.75, 3.05) is 6.61 Å². The van der Waals surface area contributed by atoms with E-state index in [1.165, 1.54) is 0 Å². The maximum Gasteiger partial charge on any atom is 0.306 e. The van der Waals surface area contributed by atoms with Gasteiger partial charge in [-0.15, -0.1) is 0 Å². The minimum absolute atomic E-state index is 0.0886. The maximum atomic E-state index is 13.7. The van der Waals surface area contributed by atoms with Crippen molar-refractivity contribution in [1.82, 2.24) is 14.5 Å². The summed E-state index contributed by atoms with van der Waals surface area (Å²) in [5, 5.41) is 0. The van der Waals surface area contributed by atoms with Gasteiger partial charge in [-0.1, -0.05) is 60.7 Å². The Balaban J connectivity index is 1.26. The van der Waals surface area contributed by atoms with Gasteiger partial charge in [0.05, 0.1) is 18.0 Å². The average Bonchev–Trinajstić information content (AvgIpc) is 3.31. The van der Waals surface area contributed by atoms with Crippen molar-refractivity contribution < 1.29 is 14.3 Å². The van der Waals surface area contributed by atoms with E-state index in [1.54, 1.807) is 4.57 Å². The molecule has 0 atom stereocenters. The number of esters is 1. The van der Waals surface area contributed by atoms with Crippen molar-refractivity contribution in [2.24, 2.45) is 0 Å². The number of aryl methyl sites for hydroxylation is 1. The summed E-state index contributed by atoms with van der Waals surface area (Å²) >= 11 is 0. The monoisotopic (exact) mass is 593 g/mol. The summed E-state index contributed by atoms with van der Waals surface area (Å²) in [4.78, 5) is 34.0. The van der Waals surface area contributed by atoms with Crippen molar-refractivity contribution >= 4 is 11.5 Å². The maximum absolute atomic E-state index is 13.7. The first-order valence-corrected chi connectivity index (χ1v) is 15.6. The Bertz CT molecular complexity index is 1670. The summed E-state index contributed by atoms with van der Waals surface area (Å²) in [5.41, 5.74) is 6.11. The van der Waals surface area contributed by atoms with Crippen LogP contribution in [-0.4, -0.2) is 32.7 Å². The number of H-pyrrole nitrogens is 1. The largest absolute Gasteiger partial charge is 0.493 e. The van der Waals surface area contributed by atoms with E-state index in [2.05, 4.69) is 41.4 Å². The zero-order valence-corrected chi connectivity index (χ0v) is 26.3. The van der Waals surface area contributed by atoms with Crippen LogP contribution in [0.1, 0.15) is 93.1 Å². The van der Waals surface area contributed by atoms with Crippen LogP contribution in [0.4, 0.5) is 0 Å². The Morgan fingerprint density at radius 2 is 1.82 bits per heavy atom. The second-order valence-corrected chi connectivity index (χ2v) is 12.5. The van der Waals surface area contributed by atoms with Crippen LogP contribution in [0.5, 0.6) is 5.75 Å². The Morgan fingerprint density at radius 3 is 2.55 bits per heavy atom. The first-order chi connectivity index (χ1) is 21.2. The summed E-state index contributed by atoms with van der Waals surface area (Å²) in [6.07, 6.45) is 14.5. The van der Waals surface area contributed by atoms with Gasteiger partial charge in [0, 0.05) is 25.5 Å². The van der Waals surface area contributed by atoms with E-state index in [0.29, 0.717) is 37.4 Å². The van der Waals surface area contributed by atoms with Gasteiger partial charge in [0.25, 0.3) is 5.56 Å². The molecule has 7 heteroatoms. The summed E-state index contributed by atoms with van der Waals surface area (Å²) in [6, 6.07) is 16.3. The standard InChI is InChI=1S/C37H43N3O4/c1-26-22-28(19-20-33(26)43-21-13-7-12-18-34(41)44-37(2,3)4)24-31-36(42)40-25-32(29-16-10-6-11-17-29)38-30(35(40)39-31)23-27-14-8-5-9-15-27/h5,8-10,14-17,19-20,22,25,38H,6-7,11-13,18,21,23-24H2,1-4H3. The Hall–Kier alpha value is -4.39. The fourth-order valence-electron chi connectivity index (χ4n) is 5.48. The number of imidazole rings is 1. The second kappa shape index (κ2) is 13.9. The van der Waals surface area contributed by atoms with Crippen molar-refractivity contribution in [3.8, 4) is 11.6 Å². The van der Waals surface area contributed by atoms with Gasteiger partial charge < -0.3 is 14.5 Å². The molecule has 2 heterocycles. The highest BCUT2D eigenvalue weighted by Crippen LogP contribution is 2.26. The van der Waals surface area contributed by atoms with E-state index in [0.717, 1.165) is 71.5 Å². The minimum atomic E-state index is -0.442. The number of allylic oxidation sites excluding steroid dienone is 4. The summed E-state index contributed by atoms with van der Waals surface area (Å²) < 4.78 is 13.1. The number of benzene rings is 2. The molecule has 2 aromatic rings. The van der Waals surface area contributed by atoms with Crippen molar-refractivity contribution in [3.63, 3.8) is 0 Å². The molecular weight excluding hydrogens is 550 g/mol. The molecular formula is C37H43N3O4. The van der Waals surface area contributed by atoms with Gasteiger partial charge in [-0.3, -0.25) is 14.2 Å². The predicted molar refractivity (Wildman–Crippen MR) is 175 cm³/mol. The van der Waals surface area contributed by atoms with E-state index >= 15 is 0 Å². The molecule has 2 aromatic carbocycles. The molecule has 0 aromatic heterocycles. The molecule has 44 heavy (non-hydrogen) atoms. The first kappa shape index (κ1) is 31.0. The lowest BCUT2D eigenvalue weighted by atomic mass is 10.0. The molecule has 0 bridgehead atoms. The lowest BCUT2D eigenvalue weighted by Gasteiger charge is -2.19. The molecule has 5 rings (SSSR count). The van der Waals surface area contributed by atoms with Crippen molar-refractivity contribution in [2.45, 2.75) is 84.7 Å². The highest BCUT2D eigenvalue weighted by atomic mass is 16.6. The molecule has 0 spiro atoms. The molecule has 230 valence electrons. The van der Waals surface area contributed by atoms with Crippen LogP contribution >= 0.6 is 0 Å². The van der Waals surface area contributed by atoms with Gasteiger partial charge in [-0.25, -0.2) is 4.98 Å². The quantitative estimate of drug-likeness (QED) is 0.136. The number of hydrogen-bond acceptors (Lipinski definition) is 5. The molecule has 3 aliphatic rings. The smallest absolute Gasteiger partial charge is 0.306 e. The molecule has 0 saturated carbocycles. The van der Waals surface area contributed by atoms with E-state index < -0.39 is 5.60 Å². The normalized spacial score (nSPS) is 13.2. The van der Waals surface area contributed by atoms with E-state index in [1.807, 2.05) is 64.2 Å². The summed E-state index contributed by atoms with van der Waals surface area (Å²) in [7, 11) is 0. The number of carbonyl (C=O) groups excluding carboxylic acids is 1. The third-order valence-corrected chi connectivity index (χ3v) is 7.59. The zero-order valence-electron chi connectivity index (χ0n) is 26.3. The van der Waals surface area contributed by atoms with E-state index in [-0.39, 0.29) is 11.5 Å². The van der Waals surface area contributed by atoms with Crippen LogP contribution < -0.4 is 10.3 Å². The molecule has 0 amide bonds.